The van der Waals surface area contributed by atoms with Crippen molar-refractivity contribution < 1.29 is 43.6 Å². The minimum atomic E-state index is -1.57. The summed E-state index contributed by atoms with van der Waals surface area (Å²) in [4.78, 5) is 10.1. The lowest BCUT2D eigenvalue weighted by Gasteiger charge is -2.41. The Morgan fingerprint density at radius 1 is 1.10 bits per heavy atom. The van der Waals surface area contributed by atoms with Gasteiger partial charge in [0.05, 0.1) is 11.5 Å². The summed E-state index contributed by atoms with van der Waals surface area (Å²) in [6, 6.07) is 9.89. The van der Waals surface area contributed by atoms with Gasteiger partial charge in [0.2, 0.25) is 6.29 Å². The third-order valence-corrected chi connectivity index (χ3v) is 4.55. The highest BCUT2D eigenvalue weighted by atomic mass is 32.1. The number of hydrogen-bond acceptors (Lipinski definition) is 10. The van der Waals surface area contributed by atoms with Gasteiger partial charge >= 0.3 is 5.24 Å². The molecule has 1 aliphatic heterocycles. The minimum absolute atomic E-state index is 0.129. The Kier molecular flexibility index (Phi) is 7.30. The zero-order valence-corrected chi connectivity index (χ0v) is 16.6. The molecule has 0 aliphatic carbocycles. The number of rotatable bonds is 6. The van der Waals surface area contributed by atoms with Crippen LogP contribution in [0.1, 0.15) is 0 Å². The first-order valence-corrected chi connectivity index (χ1v) is 9.37. The molecular weight excluding hydrogens is 437 g/mol. The summed E-state index contributed by atoms with van der Waals surface area (Å²) >= 11 is 4.98. The van der Waals surface area contributed by atoms with Gasteiger partial charge in [0.15, 0.2) is 12.2 Å². The predicted octanol–water partition coefficient (Wildman–Crippen LogP) is 1.30. The van der Waals surface area contributed by atoms with Crippen molar-refractivity contribution in [1.29, 1.82) is 0 Å². The number of ether oxygens (including phenoxy) is 4. The second-order valence-electron chi connectivity index (χ2n) is 6.46. The van der Waals surface area contributed by atoms with Crippen LogP contribution in [0.2, 0.25) is 0 Å². The maximum Gasteiger partial charge on any atom is 0.358 e. The molecule has 2 aromatic rings. The van der Waals surface area contributed by atoms with Crippen molar-refractivity contribution in [2.24, 2.45) is 0 Å². The second-order valence-corrected chi connectivity index (χ2v) is 6.80. The maximum atomic E-state index is 13.1. The largest absolute Gasteiger partial charge is 0.462 e. The zero-order chi connectivity index (χ0) is 22.5. The van der Waals surface area contributed by atoms with Gasteiger partial charge in [-0.3, -0.25) is 10.1 Å². The number of thiocarbonyl (C=S) groups is 1. The van der Waals surface area contributed by atoms with E-state index in [1.54, 1.807) is 0 Å². The van der Waals surface area contributed by atoms with E-state index in [1.165, 1.54) is 36.4 Å². The molecule has 3 rings (SSSR count). The summed E-state index contributed by atoms with van der Waals surface area (Å²) in [7, 11) is 0. The molecule has 2 aromatic carbocycles. The molecule has 0 saturated carbocycles. The summed E-state index contributed by atoms with van der Waals surface area (Å²) in [5, 5.41) is 40.6. The van der Waals surface area contributed by atoms with Crippen LogP contribution in [-0.2, 0) is 9.47 Å². The van der Waals surface area contributed by atoms with Crippen LogP contribution in [0, 0.1) is 15.9 Å². The smallest absolute Gasteiger partial charge is 0.358 e. The second kappa shape index (κ2) is 9.94. The van der Waals surface area contributed by atoms with Gasteiger partial charge in [-0.1, -0.05) is 0 Å². The lowest BCUT2D eigenvalue weighted by atomic mass is 9.99. The molecule has 3 N–H and O–H groups in total. The molecular formula is C19H18FNO9S. The van der Waals surface area contributed by atoms with Crippen molar-refractivity contribution in [3.8, 4) is 11.5 Å². The highest BCUT2D eigenvalue weighted by molar-refractivity contribution is 7.79. The van der Waals surface area contributed by atoms with Crippen LogP contribution >= 0.6 is 12.2 Å². The zero-order valence-electron chi connectivity index (χ0n) is 15.7. The quantitative estimate of drug-likeness (QED) is 0.332. The van der Waals surface area contributed by atoms with Gasteiger partial charge in [-0.15, -0.1) is 0 Å². The van der Waals surface area contributed by atoms with E-state index >= 15 is 0 Å². The fourth-order valence-electron chi connectivity index (χ4n) is 2.80. The molecule has 1 saturated heterocycles. The lowest BCUT2D eigenvalue weighted by Crippen LogP contribution is -2.61. The van der Waals surface area contributed by atoms with Gasteiger partial charge in [-0.05, 0) is 36.4 Å². The molecule has 1 heterocycles. The molecule has 0 aromatic heterocycles. The minimum Gasteiger partial charge on any atom is -0.462 e. The summed E-state index contributed by atoms with van der Waals surface area (Å²) in [6.07, 6.45) is -7.02. The molecule has 10 nitrogen and oxygen atoms in total. The monoisotopic (exact) mass is 455 g/mol. The molecule has 0 radical (unpaired) electrons. The molecule has 166 valence electrons. The van der Waals surface area contributed by atoms with E-state index in [1.807, 2.05) is 0 Å². The third kappa shape index (κ3) is 5.62. The Labute approximate surface area is 180 Å². The van der Waals surface area contributed by atoms with E-state index in [9.17, 15) is 29.8 Å². The van der Waals surface area contributed by atoms with Crippen LogP contribution in [0.15, 0.2) is 48.5 Å². The van der Waals surface area contributed by atoms with Crippen molar-refractivity contribution in [3.63, 3.8) is 0 Å². The predicted molar refractivity (Wildman–Crippen MR) is 106 cm³/mol. The molecule has 0 unspecified atom stereocenters. The van der Waals surface area contributed by atoms with Crippen molar-refractivity contribution in [2.45, 2.75) is 30.7 Å². The number of non-ortho nitro benzene ring substituents is 1. The Hall–Kier alpha value is -2.90. The van der Waals surface area contributed by atoms with Crippen LogP contribution < -0.4 is 9.47 Å². The summed E-state index contributed by atoms with van der Waals surface area (Å²) < 4.78 is 34.5. The normalized spacial score (nSPS) is 25.5. The summed E-state index contributed by atoms with van der Waals surface area (Å²) in [5.41, 5.74) is -0.152. The average Bonchev–Trinajstić information content (AvgIpc) is 2.75. The number of aliphatic hydroxyl groups is 3. The van der Waals surface area contributed by atoms with E-state index in [0.29, 0.717) is 0 Å². The van der Waals surface area contributed by atoms with Gasteiger partial charge in [-0.25, -0.2) is 4.39 Å². The summed E-state index contributed by atoms with van der Waals surface area (Å²) in [5.74, 6) is -0.192. The van der Waals surface area contributed by atoms with E-state index in [-0.39, 0.29) is 17.2 Å². The number of nitro benzene ring substituents is 1. The fraction of sp³-hybridized carbons (Fsp3) is 0.316. The molecule has 12 heteroatoms. The average molecular weight is 455 g/mol. The first-order chi connectivity index (χ1) is 14.8. The maximum absolute atomic E-state index is 13.1. The molecule has 0 spiro atoms. The Bertz CT molecular complexity index is 912. The van der Waals surface area contributed by atoms with E-state index < -0.39 is 53.3 Å². The van der Waals surface area contributed by atoms with Crippen molar-refractivity contribution in [1.82, 2.24) is 0 Å². The Morgan fingerprint density at radius 3 is 2.29 bits per heavy atom. The van der Waals surface area contributed by atoms with Gasteiger partial charge in [0.1, 0.15) is 29.5 Å². The van der Waals surface area contributed by atoms with Crippen LogP contribution in [-0.4, -0.2) is 62.8 Å². The Morgan fingerprint density at radius 2 is 1.71 bits per heavy atom. The fourth-order valence-corrected chi connectivity index (χ4v) is 3.01. The van der Waals surface area contributed by atoms with Crippen LogP contribution in [0.25, 0.3) is 0 Å². The highest BCUT2D eigenvalue weighted by Crippen LogP contribution is 2.27. The molecule has 5 atom stereocenters. The van der Waals surface area contributed by atoms with Crippen LogP contribution in [0.5, 0.6) is 11.5 Å². The summed E-state index contributed by atoms with van der Waals surface area (Å²) in [6.45, 7) is -0.618. The first-order valence-electron chi connectivity index (χ1n) is 8.96. The SMILES string of the molecule is O=[N+]([O-])c1ccc(OC(=S)O[C@@H]2[C@H](O)[C@H](Oc3ccc(F)cc3)O[C@H](CO)[C@H]2O)cc1. The topological polar surface area (TPSA) is 141 Å². The van der Waals surface area contributed by atoms with Gasteiger partial charge < -0.3 is 34.3 Å². The van der Waals surface area contributed by atoms with Crippen molar-refractivity contribution in [3.05, 3.63) is 64.5 Å². The number of halogens is 1. The molecule has 31 heavy (non-hydrogen) atoms. The highest BCUT2D eigenvalue weighted by Gasteiger charge is 2.47. The van der Waals surface area contributed by atoms with Gasteiger partial charge in [0.25, 0.3) is 5.69 Å². The lowest BCUT2D eigenvalue weighted by molar-refractivity contribution is -0.384. The molecule has 1 fully saturated rings. The number of hydrogen-bond donors (Lipinski definition) is 3. The number of nitro groups is 1. The van der Waals surface area contributed by atoms with E-state index in [4.69, 9.17) is 31.2 Å². The van der Waals surface area contributed by atoms with Crippen LogP contribution in [0.3, 0.4) is 0 Å². The third-order valence-electron chi connectivity index (χ3n) is 4.37. The number of benzene rings is 2. The van der Waals surface area contributed by atoms with E-state index in [2.05, 4.69) is 0 Å². The van der Waals surface area contributed by atoms with Gasteiger partial charge in [-0.2, -0.15) is 0 Å². The molecule has 1 aliphatic rings. The number of nitrogens with zero attached hydrogens (tertiary/aromatic N) is 1. The standard InChI is InChI=1S/C19H18FNO9S/c20-10-1-5-12(6-2-10)27-18-16(24)17(15(23)14(9-22)29-18)30-19(31)28-13-7-3-11(4-8-13)21(25)26/h1-8,14-18,22-24H,9H2/t14-,15-,16+,17+,18-/m1/s1. The van der Waals surface area contributed by atoms with E-state index in [0.717, 1.165) is 12.1 Å². The Balaban J connectivity index is 1.68. The van der Waals surface area contributed by atoms with Crippen LogP contribution in [0.4, 0.5) is 10.1 Å². The number of aliphatic hydroxyl groups excluding tert-OH is 3. The van der Waals surface area contributed by atoms with Gasteiger partial charge in [0, 0.05) is 24.4 Å². The first kappa shape index (κ1) is 22.8. The van der Waals surface area contributed by atoms with Crippen molar-refractivity contribution in [2.75, 3.05) is 6.61 Å². The van der Waals surface area contributed by atoms with Crippen molar-refractivity contribution >= 4 is 23.1 Å². The molecule has 0 bridgehead atoms. The molecule has 0 amide bonds.